The Balaban J connectivity index is 1.89. The molecule has 1 fully saturated rings. The van der Waals surface area contributed by atoms with Crippen LogP contribution in [0, 0.1) is 11.2 Å². The molecular weight excluding hydrogens is 225 g/mol. The Morgan fingerprint density at radius 1 is 1.28 bits per heavy atom. The van der Waals surface area contributed by atoms with Crippen LogP contribution in [-0.4, -0.2) is 6.54 Å². The van der Waals surface area contributed by atoms with Gasteiger partial charge in [0.1, 0.15) is 5.82 Å². The number of halogens is 1. The van der Waals surface area contributed by atoms with E-state index in [-0.39, 0.29) is 11.9 Å². The first kappa shape index (κ1) is 13.5. The predicted molar refractivity (Wildman–Crippen MR) is 74.0 cm³/mol. The maximum absolute atomic E-state index is 13.2. The second-order valence-corrected chi connectivity index (χ2v) is 6.03. The van der Waals surface area contributed by atoms with Crippen molar-refractivity contribution < 1.29 is 4.39 Å². The molecule has 0 radical (unpaired) electrons. The molecule has 1 unspecified atom stereocenters. The molecular formula is C16H24FN. The average molecular weight is 249 g/mol. The van der Waals surface area contributed by atoms with E-state index >= 15 is 0 Å². The van der Waals surface area contributed by atoms with Crippen molar-refractivity contribution in [1.82, 2.24) is 5.32 Å². The smallest absolute Gasteiger partial charge is 0.123 e. The monoisotopic (exact) mass is 249 g/mol. The highest BCUT2D eigenvalue weighted by atomic mass is 19.1. The van der Waals surface area contributed by atoms with Gasteiger partial charge in [-0.2, -0.15) is 0 Å². The maximum atomic E-state index is 13.2. The van der Waals surface area contributed by atoms with Crippen LogP contribution in [0.3, 0.4) is 0 Å². The molecule has 1 aliphatic carbocycles. The Labute approximate surface area is 110 Å². The van der Waals surface area contributed by atoms with E-state index in [0.29, 0.717) is 5.41 Å². The second-order valence-electron chi connectivity index (χ2n) is 6.03. The third-order valence-corrected chi connectivity index (χ3v) is 4.24. The largest absolute Gasteiger partial charge is 0.310 e. The van der Waals surface area contributed by atoms with Crippen LogP contribution in [0.5, 0.6) is 0 Å². The Bertz CT molecular complexity index is 382. The molecule has 100 valence electrons. The third-order valence-electron chi connectivity index (χ3n) is 4.24. The number of hydrogen-bond acceptors (Lipinski definition) is 1. The molecule has 0 aromatic heterocycles. The molecule has 18 heavy (non-hydrogen) atoms. The summed E-state index contributed by atoms with van der Waals surface area (Å²) in [5.74, 6) is -0.148. The number of rotatable bonds is 4. The summed E-state index contributed by atoms with van der Waals surface area (Å²) in [6, 6.07) is 7.12. The van der Waals surface area contributed by atoms with Crippen LogP contribution in [0.15, 0.2) is 24.3 Å². The summed E-state index contributed by atoms with van der Waals surface area (Å²) in [5.41, 5.74) is 1.47. The van der Waals surface area contributed by atoms with E-state index < -0.39 is 0 Å². The first-order valence-electron chi connectivity index (χ1n) is 7.08. The Kier molecular flexibility index (Phi) is 4.39. The lowest BCUT2D eigenvalue weighted by Crippen LogP contribution is -2.35. The fraction of sp³-hybridized carbons (Fsp3) is 0.625. The van der Waals surface area contributed by atoms with Crippen molar-refractivity contribution in [3.05, 3.63) is 35.6 Å². The van der Waals surface area contributed by atoms with E-state index in [1.54, 1.807) is 12.1 Å². The van der Waals surface area contributed by atoms with Gasteiger partial charge in [0.2, 0.25) is 0 Å². The van der Waals surface area contributed by atoms with E-state index in [9.17, 15) is 4.39 Å². The first-order chi connectivity index (χ1) is 8.59. The molecule has 0 amide bonds. The van der Waals surface area contributed by atoms with Gasteiger partial charge in [0.15, 0.2) is 0 Å². The van der Waals surface area contributed by atoms with E-state index in [0.717, 1.165) is 12.1 Å². The highest BCUT2D eigenvalue weighted by Crippen LogP contribution is 2.35. The molecule has 1 saturated carbocycles. The van der Waals surface area contributed by atoms with Crippen LogP contribution < -0.4 is 5.32 Å². The van der Waals surface area contributed by atoms with Gasteiger partial charge >= 0.3 is 0 Å². The van der Waals surface area contributed by atoms with E-state index in [1.165, 1.54) is 38.2 Å². The standard InChI is InChI=1S/C16H24FN/c1-13(14-7-6-8-15(17)11-14)18-12-16(2)9-4-3-5-10-16/h6-8,11,13,18H,3-5,9-10,12H2,1-2H3. The average Bonchev–Trinajstić information content (AvgIpc) is 2.37. The zero-order chi connectivity index (χ0) is 13.0. The lowest BCUT2D eigenvalue weighted by molar-refractivity contribution is 0.202. The maximum Gasteiger partial charge on any atom is 0.123 e. The van der Waals surface area contributed by atoms with Gasteiger partial charge in [0.25, 0.3) is 0 Å². The second kappa shape index (κ2) is 5.83. The van der Waals surface area contributed by atoms with Crippen LogP contribution in [-0.2, 0) is 0 Å². The van der Waals surface area contributed by atoms with Crippen LogP contribution in [0.25, 0.3) is 0 Å². The summed E-state index contributed by atoms with van der Waals surface area (Å²) in [7, 11) is 0. The van der Waals surface area contributed by atoms with Gasteiger partial charge in [-0.05, 0) is 42.9 Å². The highest BCUT2D eigenvalue weighted by Gasteiger charge is 2.26. The SMILES string of the molecule is CC(NCC1(C)CCCCC1)c1cccc(F)c1. The van der Waals surface area contributed by atoms with Crippen LogP contribution in [0.1, 0.15) is 57.6 Å². The molecule has 0 spiro atoms. The molecule has 1 atom stereocenters. The molecule has 2 rings (SSSR count). The van der Waals surface area contributed by atoms with Gasteiger partial charge in [0, 0.05) is 12.6 Å². The molecule has 1 aliphatic rings. The summed E-state index contributed by atoms with van der Waals surface area (Å²) in [6.45, 7) is 5.52. The molecule has 1 nitrogen and oxygen atoms in total. The number of hydrogen-bond donors (Lipinski definition) is 1. The van der Waals surface area contributed by atoms with Crippen molar-refractivity contribution in [1.29, 1.82) is 0 Å². The van der Waals surface area contributed by atoms with Gasteiger partial charge in [-0.1, -0.05) is 38.3 Å². The summed E-state index contributed by atoms with van der Waals surface area (Å²) in [6.07, 6.45) is 6.72. The Morgan fingerprint density at radius 2 is 2.00 bits per heavy atom. The molecule has 1 N–H and O–H groups in total. The van der Waals surface area contributed by atoms with Crippen molar-refractivity contribution in [3.63, 3.8) is 0 Å². The normalized spacial score (nSPS) is 20.6. The predicted octanol–water partition coefficient (Wildman–Crippen LogP) is 4.45. The van der Waals surface area contributed by atoms with Crippen LogP contribution in [0.4, 0.5) is 4.39 Å². The zero-order valence-electron chi connectivity index (χ0n) is 11.5. The van der Waals surface area contributed by atoms with Gasteiger partial charge in [-0.15, -0.1) is 0 Å². The van der Waals surface area contributed by atoms with E-state index in [1.807, 2.05) is 6.07 Å². The van der Waals surface area contributed by atoms with E-state index in [2.05, 4.69) is 19.2 Å². The van der Waals surface area contributed by atoms with Gasteiger partial charge < -0.3 is 5.32 Å². The van der Waals surface area contributed by atoms with Crippen molar-refractivity contribution in [2.24, 2.45) is 5.41 Å². The number of benzene rings is 1. The van der Waals surface area contributed by atoms with Crippen molar-refractivity contribution in [3.8, 4) is 0 Å². The van der Waals surface area contributed by atoms with Crippen molar-refractivity contribution in [2.45, 2.75) is 52.0 Å². The minimum atomic E-state index is -0.148. The van der Waals surface area contributed by atoms with Crippen LogP contribution >= 0.6 is 0 Å². The molecule has 1 aromatic rings. The summed E-state index contributed by atoms with van der Waals surface area (Å²) >= 11 is 0. The highest BCUT2D eigenvalue weighted by molar-refractivity contribution is 5.19. The Hall–Kier alpha value is -0.890. The number of nitrogens with one attached hydrogen (secondary N) is 1. The molecule has 0 saturated heterocycles. The topological polar surface area (TPSA) is 12.0 Å². The zero-order valence-corrected chi connectivity index (χ0v) is 11.5. The van der Waals surface area contributed by atoms with Crippen LogP contribution in [0.2, 0.25) is 0 Å². The van der Waals surface area contributed by atoms with Gasteiger partial charge in [-0.3, -0.25) is 0 Å². The van der Waals surface area contributed by atoms with Gasteiger partial charge in [-0.25, -0.2) is 4.39 Å². The summed E-state index contributed by atoms with van der Waals surface area (Å²) < 4.78 is 13.2. The Morgan fingerprint density at radius 3 is 2.67 bits per heavy atom. The lowest BCUT2D eigenvalue weighted by atomic mass is 9.75. The third kappa shape index (κ3) is 3.55. The van der Waals surface area contributed by atoms with E-state index in [4.69, 9.17) is 0 Å². The quantitative estimate of drug-likeness (QED) is 0.831. The van der Waals surface area contributed by atoms with Crippen molar-refractivity contribution in [2.75, 3.05) is 6.54 Å². The molecule has 2 heteroatoms. The first-order valence-corrected chi connectivity index (χ1v) is 7.08. The lowest BCUT2D eigenvalue weighted by Gasteiger charge is -2.35. The molecule has 0 aliphatic heterocycles. The fourth-order valence-corrected chi connectivity index (χ4v) is 2.88. The molecule has 0 heterocycles. The minimum absolute atomic E-state index is 0.148. The summed E-state index contributed by atoms with van der Waals surface area (Å²) in [4.78, 5) is 0. The molecule has 0 bridgehead atoms. The van der Waals surface area contributed by atoms with Crippen molar-refractivity contribution >= 4 is 0 Å². The fourth-order valence-electron chi connectivity index (χ4n) is 2.88. The minimum Gasteiger partial charge on any atom is -0.310 e. The summed E-state index contributed by atoms with van der Waals surface area (Å²) in [5, 5.41) is 3.57. The van der Waals surface area contributed by atoms with Gasteiger partial charge in [0.05, 0.1) is 0 Å². The molecule has 1 aromatic carbocycles.